The SMILES string of the molecule is CC[C@@H]1C[C@@H](O[Si](C)(C)C(C)(C)C)CN1S(=O)(=O)c1ccc(C(F)(F)F)cc1. The van der Waals surface area contributed by atoms with E-state index in [1.807, 2.05) is 6.92 Å². The molecule has 9 heteroatoms. The van der Waals surface area contributed by atoms with Crippen molar-refractivity contribution in [3.05, 3.63) is 29.8 Å². The minimum atomic E-state index is -4.50. The molecule has 0 unspecified atom stereocenters. The first-order chi connectivity index (χ1) is 12.6. The zero-order valence-electron chi connectivity index (χ0n) is 17.3. The highest BCUT2D eigenvalue weighted by molar-refractivity contribution is 7.89. The van der Waals surface area contributed by atoms with E-state index in [0.29, 0.717) is 12.8 Å². The highest BCUT2D eigenvalue weighted by Gasteiger charge is 2.45. The highest BCUT2D eigenvalue weighted by Crippen LogP contribution is 2.40. The lowest BCUT2D eigenvalue weighted by atomic mass is 10.2. The van der Waals surface area contributed by atoms with Crippen LogP contribution in [0.25, 0.3) is 0 Å². The first kappa shape index (κ1) is 23.4. The summed E-state index contributed by atoms with van der Waals surface area (Å²) in [5.41, 5.74) is -0.862. The fraction of sp³-hybridized carbons (Fsp3) is 0.684. The molecule has 0 aromatic heterocycles. The van der Waals surface area contributed by atoms with Gasteiger partial charge in [-0.3, -0.25) is 0 Å². The number of benzene rings is 1. The van der Waals surface area contributed by atoms with Crippen molar-refractivity contribution in [1.29, 1.82) is 0 Å². The normalized spacial score (nSPS) is 22.6. The molecule has 1 fully saturated rings. The van der Waals surface area contributed by atoms with Gasteiger partial charge in [0.15, 0.2) is 8.32 Å². The van der Waals surface area contributed by atoms with E-state index in [-0.39, 0.29) is 28.6 Å². The van der Waals surface area contributed by atoms with Gasteiger partial charge in [-0.2, -0.15) is 17.5 Å². The van der Waals surface area contributed by atoms with Crippen molar-refractivity contribution in [3.63, 3.8) is 0 Å². The summed E-state index contributed by atoms with van der Waals surface area (Å²) < 4.78 is 72.2. The fourth-order valence-electron chi connectivity index (χ4n) is 3.14. The third-order valence-corrected chi connectivity index (χ3v) is 12.3. The van der Waals surface area contributed by atoms with Crippen LogP contribution in [-0.2, 0) is 20.6 Å². The van der Waals surface area contributed by atoms with Crippen molar-refractivity contribution in [2.45, 2.75) is 81.9 Å². The molecule has 1 aliphatic heterocycles. The van der Waals surface area contributed by atoms with E-state index in [0.717, 1.165) is 24.3 Å². The van der Waals surface area contributed by atoms with Crippen LogP contribution in [0, 0.1) is 0 Å². The summed E-state index contributed by atoms with van der Waals surface area (Å²) >= 11 is 0. The number of alkyl halides is 3. The average Bonchev–Trinajstić information content (AvgIpc) is 2.96. The fourth-order valence-corrected chi connectivity index (χ4v) is 6.24. The molecule has 28 heavy (non-hydrogen) atoms. The van der Waals surface area contributed by atoms with Crippen LogP contribution in [0.2, 0.25) is 18.1 Å². The van der Waals surface area contributed by atoms with Crippen LogP contribution in [0.4, 0.5) is 13.2 Å². The third kappa shape index (κ3) is 4.80. The van der Waals surface area contributed by atoms with Gasteiger partial charge in [0, 0.05) is 12.6 Å². The second-order valence-electron chi connectivity index (χ2n) is 8.89. The average molecular weight is 438 g/mol. The summed E-state index contributed by atoms with van der Waals surface area (Å²) in [5.74, 6) is 0. The number of sulfonamides is 1. The molecule has 0 radical (unpaired) electrons. The Hall–Kier alpha value is -0.903. The predicted octanol–water partition coefficient (Wildman–Crippen LogP) is 5.27. The molecule has 1 saturated heterocycles. The van der Waals surface area contributed by atoms with E-state index >= 15 is 0 Å². The Morgan fingerprint density at radius 3 is 2.11 bits per heavy atom. The van der Waals surface area contributed by atoms with Gasteiger partial charge in [-0.25, -0.2) is 8.42 Å². The maximum Gasteiger partial charge on any atom is 0.416 e. The van der Waals surface area contributed by atoms with Gasteiger partial charge in [0.2, 0.25) is 10.0 Å². The van der Waals surface area contributed by atoms with Crippen molar-refractivity contribution in [2.75, 3.05) is 6.54 Å². The molecule has 2 atom stereocenters. The molecule has 4 nitrogen and oxygen atoms in total. The molecule has 0 bridgehead atoms. The van der Waals surface area contributed by atoms with Crippen molar-refractivity contribution in [2.24, 2.45) is 0 Å². The van der Waals surface area contributed by atoms with Gasteiger partial charge < -0.3 is 4.43 Å². The van der Waals surface area contributed by atoms with Gasteiger partial charge in [0.25, 0.3) is 0 Å². The van der Waals surface area contributed by atoms with Crippen molar-refractivity contribution < 1.29 is 26.0 Å². The molecule has 1 heterocycles. The molecular formula is C19H30F3NO3SSi. The molecule has 0 spiro atoms. The van der Waals surface area contributed by atoms with Gasteiger partial charge >= 0.3 is 6.18 Å². The van der Waals surface area contributed by atoms with Crippen molar-refractivity contribution in [3.8, 4) is 0 Å². The maximum absolute atomic E-state index is 13.1. The summed E-state index contributed by atoms with van der Waals surface area (Å²) in [6.45, 7) is 12.8. The second kappa shape index (κ2) is 7.74. The number of nitrogens with zero attached hydrogens (tertiary/aromatic N) is 1. The van der Waals surface area contributed by atoms with Crippen LogP contribution in [0.1, 0.15) is 46.1 Å². The largest absolute Gasteiger partial charge is 0.416 e. The van der Waals surface area contributed by atoms with Crippen LogP contribution in [-0.4, -0.2) is 39.7 Å². The van der Waals surface area contributed by atoms with E-state index in [1.165, 1.54) is 4.31 Å². The van der Waals surface area contributed by atoms with Gasteiger partial charge in [-0.15, -0.1) is 0 Å². The van der Waals surface area contributed by atoms with Crippen LogP contribution in [0.15, 0.2) is 29.2 Å². The number of hydrogen-bond donors (Lipinski definition) is 0. The smallest absolute Gasteiger partial charge is 0.413 e. The van der Waals surface area contributed by atoms with Crippen molar-refractivity contribution >= 4 is 18.3 Å². The standard InChI is InChI=1S/C19H30F3NO3SSi/c1-7-15-12-16(26-28(5,6)18(2,3)4)13-23(15)27(24,25)17-10-8-14(9-11-17)19(20,21)22/h8-11,15-16H,7,12-13H2,1-6H3/t15-,16-/m1/s1. The van der Waals surface area contributed by atoms with Gasteiger partial charge in [0.05, 0.1) is 16.6 Å². The summed E-state index contributed by atoms with van der Waals surface area (Å²) in [7, 11) is -5.94. The first-order valence-corrected chi connectivity index (χ1v) is 13.8. The van der Waals surface area contributed by atoms with Gasteiger partial charge in [-0.1, -0.05) is 27.7 Å². The zero-order valence-corrected chi connectivity index (χ0v) is 19.1. The quantitative estimate of drug-likeness (QED) is 0.590. The Morgan fingerprint density at radius 2 is 1.68 bits per heavy atom. The number of hydrogen-bond acceptors (Lipinski definition) is 3. The number of rotatable bonds is 5. The summed E-state index contributed by atoms with van der Waals surface area (Å²) in [5, 5.41) is 0.00837. The molecule has 160 valence electrons. The maximum atomic E-state index is 13.1. The summed E-state index contributed by atoms with van der Waals surface area (Å²) in [4.78, 5) is -0.119. The topological polar surface area (TPSA) is 46.6 Å². The molecule has 0 N–H and O–H groups in total. The van der Waals surface area contributed by atoms with E-state index in [9.17, 15) is 21.6 Å². The van der Waals surface area contributed by atoms with Gasteiger partial charge in [0.1, 0.15) is 0 Å². The lowest BCUT2D eigenvalue weighted by molar-refractivity contribution is -0.137. The lowest BCUT2D eigenvalue weighted by Gasteiger charge is -2.38. The molecular weight excluding hydrogens is 407 g/mol. The second-order valence-corrected chi connectivity index (χ2v) is 15.5. The minimum absolute atomic E-state index is 0.00837. The zero-order chi connectivity index (χ0) is 21.5. The molecule has 1 aliphatic rings. The minimum Gasteiger partial charge on any atom is -0.413 e. The Balaban J connectivity index is 2.25. The molecule has 0 amide bonds. The van der Waals surface area contributed by atoms with Gasteiger partial charge in [-0.05, 0) is 55.2 Å². The summed E-state index contributed by atoms with van der Waals surface area (Å²) in [6.07, 6.45) is -3.47. The molecule has 1 aromatic rings. The van der Waals surface area contributed by atoms with E-state index < -0.39 is 30.1 Å². The van der Waals surface area contributed by atoms with E-state index in [4.69, 9.17) is 4.43 Å². The molecule has 1 aromatic carbocycles. The third-order valence-electron chi connectivity index (χ3n) is 5.85. The number of halogens is 3. The molecule has 0 saturated carbocycles. The Bertz CT molecular complexity index is 786. The lowest BCUT2D eigenvalue weighted by Crippen LogP contribution is -2.44. The van der Waals surface area contributed by atoms with Crippen LogP contribution in [0.5, 0.6) is 0 Å². The van der Waals surface area contributed by atoms with Crippen LogP contribution in [0.3, 0.4) is 0 Å². The van der Waals surface area contributed by atoms with Crippen LogP contribution >= 0.6 is 0 Å². The van der Waals surface area contributed by atoms with E-state index in [1.54, 1.807) is 0 Å². The Morgan fingerprint density at radius 1 is 1.14 bits per heavy atom. The first-order valence-electron chi connectivity index (χ1n) is 9.46. The predicted molar refractivity (Wildman–Crippen MR) is 106 cm³/mol. The Labute approximate surface area is 167 Å². The van der Waals surface area contributed by atoms with Crippen molar-refractivity contribution in [1.82, 2.24) is 4.31 Å². The molecule has 2 rings (SSSR count). The Kier molecular flexibility index (Phi) is 6.46. The van der Waals surface area contributed by atoms with Crippen LogP contribution < -0.4 is 0 Å². The highest BCUT2D eigenvalue weighted by atomic mass is 32.2. The monoisotopic (exact) mass is 437 g/mol. The molecule has 0 aliphatic carbocycles. The summed E-state index contributed by atoms with van der Waals surface area (Å²) in [6, 6.07) is 3.47. The van der Waals surface area contributed by atoms with E-state index in [2.05, 4.69) is 33.9 Å².